The molecule has 4 aromatic rings. The molecule has 0 fully saturated rings. The Morgan fingerprint density at radius 2 is 1.78 bits per heavy atom. The lowest BCUT2D eigenvalue weighted by molar-refractivity contribution is 0.0734. The van der Waals surface area contributed by atoms with E-state index < -0.39 is 5.97 Å². The predicted molar refractivity (Wildman–Crippen MR) is 129 cm³/mol. The first-order chi connectivity index (χ1) is 15.4. The normalized spacial score (nSPS) is 11.4. The number of rotatable bonds is 5. The lowest BCUT2D eigenvalue weighted by Gasteiger charge is -2.12. The fraction of sp³-hybridized carbons (Fsp3) is 0.120. The Bertz CT molecular complexity index is 1380. The van der Waals surface area contributed by atoms with Crippen molar-refractivity contribution in [2.75, 3.05) is 0 Å². The van der Waals surface area contributed by atoms with E-state index in [0.29, 0.717) is 33.6 Å². The second kappa shape index (κ2) is 9.28. The molecule has 1 heterocycles. The fourth-order valence-corrected chi connectivity index (χ4v) is 3.57. The van der Waals surface area contributed by atoms with E-state index >= 15 is 0 Å². The molecule has 0 unspecified atom stereocenters. The van der Waals surface area contributed by atoms with Gasteiger partial charge in [-0.2, -0.15) is 9.78 Å². The quantitative estimate of drug-likeness (QED) is 0.214. The number of ether oxygens (including phenoxy) is 1. The molecule has 32 heavy (non-hydrogen) atoms. The van der Waals surface area contributed by atoms with Crippen molar-refractivity contribution >= 4 is 39.0 Å². The third-order valence-electron chi connectivity index (χ3n) is 4.79. The molecule has 0 amide bonds. The van der Waals surface area contributed by atoms with Crippen LogP contribution in [0.25, 0.3) is 10.9 Å². The number of aromatic nitrogens is 2. The number of carbonyl (C=O) groups is 1. The predicted octanol–water partition coefficient (Wildman–Crippen LogP) is 5.38. The number of fused-ring (bicyclic) bond motifs is 1. The van der Waals surface area contributed by atoms with Crippen LogP contribution in [-0.2, 0) is 0 Å². The van der Waals surface area contributed by atoms with Crippen molar-refractivity contribution in [1.29, 1.82) is 0 Å². The van der Waals surface area contributed by atoms with Gasteiger partial charge in [-0.25, -0.2) is 9.78 Å². The van der Waals surface area contributed by atoms with Crippen LogP contribution in [-0.4, -0.2) is 21.8 Å². The van der Waals surface area contributed by atoms with Crippen LogP contribution in [0.5, 0.6) is 5.75 Å². The Balaban J connectivity index is 1.76. The Labute approximate surface area is 193 Å². The van der Waals surface area contributed by atoms with Crippen LogP contribution in [0.15, 0.2) is 87.2 Å². The zero-order valence-electron chi connectivity index (χ0n) is 17.5. The summed E-state index contributed by atoms with van der Waals surface area (Å²) in [4.78, 5) is 30.3. The highest BCUT2D eigenvalue weighted by Crippen LogP contribution is 2.23. The number of halogens is 1. The Kier molecular flexibility index (Phi) is 6.28. The smallest absolute Gasteiger partial charge is 0.343 e. The first-order valence-electron chi connectivity index (χ1n) is 10.1. The Hall–Kier alpha value is -3.58. The van der Waals surface area contributed by atoms with E-state index in [0.717, 1.165) is 4.47 Å². The Morgan fingerprint density at radius 3 is 2.53 bits per heavy atom. The molecule has 0 atom stereocenters. The average molecular weight is 490 g/mol. The van der Waals surface area contributed by atoms with E-state index in [1.807, 2.05) is 32.0 Å². The van der Waals surface area contributed by atoms with Crippen molar-refractivity contribution in [3.8, 4) is 5.75 Å². The van der Waals surface area contributed by atoms with Gasteiger partial charge in [-0.3, -0.25) is 4.79 Å². The van der Waals surface area contributed by atoms with Crippen molar-refractivity contribution in [1.82, 2.24) is 9.66 Å². The molecule has 0 aliphatic heterocycles. The summed E-state index contributed by atoms with van der Waals surface area (Å²) in [5.41, 5.74) is 1.36. The van der Waals surface area contributed by atoms with E-state index in [9.17, 15) is 9.59 Å². The van der Waals surface area contributed by atoms with Crippen LogP contribution in [0.2, 0.25) is 0 Å². The van der Waals surface area contributed by atoms with E-state index in [1.165, 1.54) is 10.9 Å². The molecule has 7 heteroatoms. The molecule has 4 rings (SSSR count). The van der Waals surface area contributed by atoms with Gasteiger partial charge < -0.3 is 4.74 Å². The highest BCUT2D eigenvalue weighted by Gasteiger charge is 2.14. The number of para-hydroxylation sites is 1. The van der Waals surface area contributed by atoms with Gasteiger partial charge in [-0.05, 0) is 42.5 Å². The third-order valence-corrected chi connectivity index (χ3v) is 5.28. The van der Waals surface area contributed by atoms with Crippen LogP contribution in [0.4, 0.5) is 0 Å². The number of nitrogens with zero attached hydrogens (tertiary/aromatic N) is 3. The molecule has 1 aromatic heterocycles. The summed E-state index contributed by atoms with van der Waals surface area (Å²) >= 11 is 3.44. The van der Waals surface area contributed by atoms with Gasteiger partial charge in [-0.1, -0.05) is 60.1 Å². The van der Waals surface area contributed by atoms with Crippen LogP contribution >= 0.6 is 15.9 Å². The standard InChI is InChI=1S/C25H20BrN3O3/c1-16(2)23-28-21-11-7-6-10-20(21)24(30)29(23)27-15-18-14-19(26)12-13-22(18)32-25(31)17-8-4-3-5-9-17/h3-16H,1-2H3/b27-15-. The van der Waals surface area contributed by atoms with Crippen LogP contribution < -0.4 is 10.3 Å². The first-order valence-corrected chi connectivity index (χ1v) is 10.9. The number of hydrogen-bond donors (Lipinski definition) is 0. The molecule has 0 saturated heterocycles. The summed E-state index contributed by atoms with van der Waals surface area (Å²) < 4.78 is 7.69. The Morgan fingerprint density at radius 1 is 1.06 bits per heavy atom. The number of hydrogen-bond acceptors (Lipinski definition) is 5. The molecular weight excluding hydrogens is 470 g/mol. The average Bonchev–Trinajstić information content (AvgIpc) is 2.80. The summed E-state index contributed by atoms with van der Waals surface area (Å²) in [6, 6.07) is 21.1. The second-order valence-corrected chi connectivity index (χ2v) is 8.36. The molecule has 6 nitrogen and oxygen atoms in total. The lowest BCUT2D eigenvalue weighted by atomic mass is 10.2. The number of esters is 1. The van der Waals surface area contributed by atoms with Crippen molar-refractivity contribution < 1.29 is 9.53 Å². The van der Waals surface area contributed by atoms with Gasteiger partial charge >= 0.3 is 5.97 Å². The molecule has 0 spiro atoms. The summed E-state index contributed by atoms with van der Waals surface area (Å²) in [6.45, 7) is 3.91. The summed E-state index contributed by atoms with van der Waals surface area (Å²) in [5, 5.41) is 4.92. The molecule has 160 valence electrons. The zero-order chi connectivity index (χ0) is 22.7. The minimum Gasteiger partial charge on any atom is -0.422 e. The maximum Gasteiger partial charge on any atom is 0.343 e. The molecule has 0 saturated carbocycles. The van der Waals surface area contributed by atoms with E-state index in [4.69, 9.17) is 4.74 Å². The SMILES string of the molecule is CC(C)c1nc2ccccc2c(=O)n1/N=C\c1cc(Br)ccc1OC(=O)c1ccccc1. The van der Waals surface area contributed by atoms with Gasteiger partial charge in [0.25, 0.3) is 5.56 Å². The van der Waals surface area contributed by atoms with Gasteiger partial charge in [0.15, 0.2) is 0 Å². The minimum atomic E-state index is -0.477. The monoisotopic (exact) mass is 489 g/mol. The van der Waals surface area contributed by atoms with Crippen LogP contribution in [0.3, 0.4) is 0 Å². The molecule has 0 N–H and O–H groups in total. The molecule has 0 aliphatic carbocycles. The first kappa shape index (κ1) is 21.6. The van der Waals surface area contributed by atoms with Gasteiger partial charge in [0.2, 0.25) is 0 Å². The molecule has 0 radical (unpaired) electrons. The van der Waals surface area contributed by atoms with Gasteiger partial charge in [-0.15, -0.1) is 0 Å². The third kappa shape index (κ3) is 4.53. The van der Waals surface area contributed by atoms with Crippen molar-refractivity contribution in [3.05, 3.63) is 105 Å². The maximum absolute atomic E-state index is 13.1. The number of benzene rings is 3. The summed E-state index contributed by atoms with van der Waals surface area (Å²) in [7, 11) is 0. The molecule has 3 aromatic carbocycles. The van der Waals surface area contributed by atoms with Crippen molar-refractivity contribution in [3.63, 3.8) is 0 Å². The van der Waals surface area contributed by atoms with E-state index in [-0.39, 0.29) is 11.5 Å². The highest BCUT2D eigenvalue weighted by molar-refractivity contribution is 9.10. The van der Waals surface area contributed by atoms with Crippen LogP contribution in [0, 0.1) is 0 Å². The zero-order valence-corrected chi connectivity index (χ0v) is 19.1. The summed E-state index contributed by atoms with van der Waals surface area (Å²) in [6.07, 6.45) is 1.50. The van der Waals surface area contributed by atoms with Crippen LogP contribution in [0.1, 0.15) is 41.5 Å². The van der Waals surface area contributed by atoms with E-state index in [1.54, 1.807) is 54.6 Å². The highest BCUT2D eigenvalue weighted by atomic mass is 79.9. The second-order valence-electron chi connectivity index (χ2n) is 7.44. The van der Waals surface area contributed by atoms with E-state index in [2.05, 4.69) is 26.0 Å². The topological polar surface area (TPSA) is 73.6 Å². The summed E-state index contributed by atoms with van der Waals surface area (Å²) in [5.74, 6) is 0.374. The maximum atomic E-state index is 13.1. The minimum absolute atomic E-state index is 0.0256. The molecular formula is C25H20BrN3O3. The number of carbonyl (C=O) groups excluding carboxylic acids is 1. The van der Waals surface area contributed by atoms with Crippen molar-refractivity contribution in [2.45, 2.75) is 19.8 Å². The molecule has 0 bridgehead atoms. The fourth-order valence-electron chi connectivity index (χ4n) is 3.19. The van der Waals surface area contributed by atoms with Gasteiger partial charge in [0.05, 0.1) is 22.7 Å². The largest absolute Gasteiger partial charge is 0.422 e. The lowest BCUT2D eigenvalue weighted by Crippen LogP contribution is -2.23. The van der Waals surface area contributed by atoms with Gasteiger partial charge in [0.1, 0.15) is 11.6 Å². The molecule has 0 aliphatic rings. The van der Waals surface area contributed by atoms with Gasteiger partial charge in [0, 0.05) is 16.0 Å². The van der Waals surface area contributed by atoms with Crippen molar-refractivity contribution in [2.24, 2.45) is 5.10 Å².